The smallest absolute Gasteiger partial charge is 0.226 e. The Balaban J connectivity index is 1.54. The Labute approximate surface area is 155 Å². The lowest BCUT2D eigenvalue weighted by atomic mass is 10.1. The molecule has 3 rings (SSSR count). The van der Waals surface area contributed by atoms with Gasteiger partial charge in [-0.15, -0.1) is 0 Å². The van der Waals surface area contributed by atoms with E-state index in [0.717, 1.165) is 43.2 Å². The number of para-hydroxylation sites is 2. The number of nitrogens with zero attached hydrogens (tertiary/aromatic N) is 1. The summed E-state index contributed by atoms with van der Waals surface area (Å²) in [6, 6.07) is 14.3. The maximum absolute atomic E-state index is 12.2. The molecule has 2 N–H and O–H groups in total. The molecule has 5 nitrogen and oxygen atoms in total. The van der Waals surface area contributed by atoms with Gasteiger partial charge in [0.1, 0.15) is 0 Å². The van der Waals surface area contributed by atoms with Crippen LogP contribution in [0.5, 0.6) is 0 Å². The van der Waals surface area contributed by atoms with Gasteiger partial charge in [-0.1, -0.05) is 29.8 Å². The van der Waals surface area contributed by atoms with E-state index in [1.54, 1.807) is 0 Å². The third-order valence-electron chi connectivity index (χ3n) is 4.58. The highest BCUT2D eigenvalue weighted by Gasteiger charge is 2.14. The summed E-state index contributed by atoms with van der Waals surface area (Å²) in [5, 5.41) is 6.40. The van der Waals surface area contributed by atoms with Crippen LogP contribution in [0.3, 0.4) is 0 Å². The number of amides is 1. The molecule has 1 heterocycles. The van der Waals surface area contributed by atoms with Crippen molar-refractivity contribution in [1.29, 1.82) is 0 Å². The minimum Gasteiger partial charge on any atom is -0.383 e. The molecule has 0 radical (unpaired) electrons. The summed E-state index contributed by atoms with van der Waals surface area (Å²) in [7, 11) is 0. The molecule has 1 aliphatic heterocycles. The van der Waals surface area contributed by atoms with Gasteiger partial charge in [0.05, 0.1) is 24.6 Å². The van der Waals surface area contributed by atoms with Gasteiger partial charge in [-0.3, -0.25) is 4.79 Å². The summed E-state index contributed by atoms with van der Waals surface area (Å²) in [5.41, 5.74) is 5.40. The molecular weight excluding hydrogens is 326 g/mol. The number of anilines is 3. The van der Waals surface area contributed by atoms with Gasteiger partial charge in [-0.05, 0) is 37.6 Å². The van der Waals surface area contributed by atoms with Crippen LogP contribution in [0.2, 0.25) is 0 Å². The molecule has 0 spiro atoms. The number of carbonyl (C=O) groups excluding carboxylic acids is 1. The quantitative estimate of drug-likeness (QED) is 0.833. The highest BCUT2D eigenvalue weighted by Crippen LogP contribution is 2.26. The molecule has 2 aromatic rings. The highest BCUT2D eigenvalue weighted by molar-refractivity contribution is 5.91. The van der Waals surface area contributed by atoms with Crippen molar-refractivity contribution in [3.8, 4) is 0 Å². The first-order valence-electron chi connectivity index (χ1n) is 9.16. The number of aryl methyl sites for hydroxylation is 2. The Hall–Kier alpha value is -2.53. The fraction of sp³-hybridized carbons (Fsp3) is 0.381. The predicted molar refractivity (Wildman–Crippen MR) is 107 cm³/mol. The molecule has 1 saturated heterocycles. The van der Waals surface area contributed by atoms with E-state index in [2.05, 4.69) is 40.7 Å². The SMILES string of the molecule is Cc1ccc(NC(=O)CCNc2ccccc2N2CCOCC2)c(C)c1. The summed E-state index contributed by atoms with van der Waals surface area (Å²) in [6.45, 7) is 7.96. The van der Waals surface area contributed by atoms with E-state index >= 15 is 0 Å². The van der Waals surface area contributed by atoms with Gasteiger partial charge in [0, 0.05) is 31.7 Å². The maximum atomic E-state index is 12.2. The highest BCUT2D eigenvalue weighted by atomic mass is 16.5. The summed E-state index contributed by atoms with van der Waals surface area (Å²) < 4.78 is 5.43. The zero-order valence-corrected chi connectivity index (χ0v) is 15.5. The van der Waals surface area contributed by atoms with Gasteiger partial charge in [-0.2, -0.15) is 0 Å². The van der Waals surface area contributed by atoms with Crippen molar-refractivity contribution in [3.05, 3.63) is 53.6 Å². The van der Waals surface area contributed by atoms with Gasteiger partial charge in [0.15, 0.2) is 0 Å². The summed E-state index contributed by atoms with van der Waals surface area (Å²) in [6.07, 6.45) is 0.421. The summed E-state index contributed by atoms with van der Waals surface area (Å²) in [4.78, 5) is 14.6. The van der Waals surface area contributed by atoms with Gasteiger partial charge in [0.25, 0.3) is 0 Å². The molecule has 5 heteroatoms. The number of hydrogen-bond donors (Lipinski definition) is 2. The topological polar surface area (TPSA) is 53.6 Å². The van der Waals surface area contributed by atoms with Crippen molar-refractivity contribution in [2.45, 2.75) is 20.3 Å². The molecule has 26 heavy (non-hydrogen) atoms. The lowest BCUT2D eigenvalue weighted by Gasteiger charge is -2.30. The van der Waals surface area contributed by atoms with Crippen LogP contribution in [0.15, 0.2) is 42.5 Å². The standard InChI is InChI=1S/C21H27N3O2/c1-16-7-8-18(17(2)15-16)23-21(25)9-10-22-19-5-3-4-6-20(19)24-11-13-26-14-12-24/h3-8,15,22H,9-14H2,1-2H3,(H,23,25). The largest absolute Gasteiger partial charge is 0.383 e. The van der Waals surface area contributed by atoms with Crippen LogP contribution in [0, 0.1) is 13.8 Å². The summed E-state index contributed by atoms with van der Waals surface area (Å²) >= 11 is 0. The van der Waals surface area contributed by atoms with Crippen molar-refractivity contribution in [1.82, 2.24) is 0 Å². The Bertz CT molecular complexity index is 755. The summed E-state index contributed by atoms with van der Waals surface area (Å²) in [5.74, 6) is 0.0216. The minimum absolute atomic E-state index is 0.0216. The van der Waals surface area contributed by atoms with Crippen LogP contribution < -0.4 is 15.5 Å². The Morgan fingerprint density at radius 2 is 1.85 bits per heavy atom. The van der Waals surface area contributed by atoms with Gasteiger partial charge in [0.2, 0.25) is 5.91 Å². The maximum Gasteiger partial charge on any atom is 0.226 e. The van der Waals surface area contributed by atoms with Crippen molar-refractivity contribution in [3.63, 3.8) is 0 Å². The van der Waals surface area contributed by atoms with Crippen LogP contribution >= 0.6 is 0 Å². The molecule has 1 aliphatic rings. The molecule has 0 atom stereocenters. The van der Waals surface area contributed by atoms with Crippen molar-refractivity contribution in [2.24, 2.45) is 0 Å². The second-order valence-electron chi connectivity index (χ2n) is 6.66. The second-order valence-corrected chi connectivity index (χ2v) is 6.66. The molecule has 0 aromatic heterocycles. The number of carbonyl (C=O) groups is 1. The van der Waals surface area contributed by atoms with E-state index in [-0.39, 0.29) is 5.91 Å². The van der Waals surface area contributed by atoms with E-state index in [4.69, 9.17) is 4.74 Å². The third-order valence-corrected chi connectivity index (χ3v) is 4.58. The lowest BCUT2D eigenvalue weighted by Crippen LogP contribution is -2.36. The average molecular weight is 353 g/mol. The zero-order chi connectivity index (χ0) is 18.4. The van der Waals surface area contributed by atoms with E-state index in [0.29, 0.717) is 13.0 Å². The van der Waals surface area contributed by atoms with Crippen molar-refractivity contribution < 1.29 is 9.53 Å². The second kappa shape index (κ2) is 8.72. The van der Waals surface area contributed by atoms with Crippen LogP contribution in [0.25, 0.3) is 0 Å². The molecule has 1 fully saturated rings. The number of hydrogen-bond acceptors (Lipinski definition) is 4. The monoisotopic (exact) mass is 353 g/mol. The predicted octanol–water partition coefficient (Wildman–Crippen LogP) is 3.58. The molecule has 2 aromatic carbocycles. The number of morpholine rings is 1. The van der Waals surface area contributed by atoms with Crippen LogP contribution in [0.4, 0.5) is 17.1 Å². The van der Waals surface area contributed by atoms with Crippen LogP contribution in [0.1, 0.15) is 17.5 Å². The lowest BCUT2D eigenvalue weighted by molar-refractivity contribution is -0.115. The van der Waals surface area contributed by atoms with Crippen LogP contribution in [-0.4, -0.2) is 38.8 Å². The normalized spacial score (nSPS) is 14.2. The van der Waals surface area contributed by atoms with E-state index in [9.17, 15) is 4.79 Å². The first-order valence-corrected chi connectivity index (χ1v) is 9.16. The first-order chi connectivity index (χ1) is 12.6. The Morgan fingerprint density at radius 1 is 1.08 bits per heavy atom. The molecular formula is C21H27N3O2. The van der Waals surface area contributed by atoms with E-state index in [1.807, 2.05) is 31.2 Å². The van der Waals surface area contributed by atoms with Gasteiger partial charge < -0.3 is 20.3 Å². The number of benzene rings is 2. The minimum atomic E-state index is 0.0216. The molecule has 1 amide bonds. The fourth-order valence-corrected chi connectivity index (χ4v) is 3.18. The third kappa shape index (κ3) is 4.76. The van der Waals surface area contributed by atoms with Gasteiger partial charge >= 0.3 is 0 Å². The van der Waals surface area contributed by atoms with Crippen molar-refractivity contribution >= 4 is 23.0 Å². The molecule has 138 valence electrons. The number of nitrogens with one attached hydrogen (secondary N) is 2. The molecule has 0 aliphatic carbocycles. The Kier molecular flexibility index (Phi) is 6.12. The molecule has 0 unspecified atom stereocenters. The first kappa shape index (κ1) is 18.3. The van der Waals surface area contributed by atoms with E-state index in [1.165, 1.54) is 11.3 Å². The molecule has 0 bridgehead atoms. The number of rotatable bonds is 6. The fourth-order valence-electron chi connectivity index (χ4n) is 3.18. The van der Waals surface area contributed by atoms with Gasteiger partial charge in [-0.25, -0.2) is 0 Å². The van der Waals surface area contributed by atoms with Crippen molar-refractivity contribution in [2.75, 3.05) is 48.4 Å². The average Bonchev–Trinajstić information content (AvgIpc) is 2.65. The Morgan fingerprint density at radius 3 is 2.62 bits per heavy atom. The van der Waals surface area contributed by atoms with E-state index < -0.39 is 0 Å². The molecule has 0 saturated carbocycles. The zero-order valence-electron chi connectivity index (χ0n) is 15.5. The van der Waals surface area contributed by atoms with Crippen LogP contribution in [-0.2, 0) is 9.53 Å². The number of ether oxygens (including phenoxy) is 1.